The number of hydrogen-bond donors (Lipinski definition) is 1. The van der Waals surface area contributed by atoms with Crippen molar-refractivity contribution in [2.24, 2.45) is 18.9 Å². The fourth-order valence-corrected chi connectivity index (χ4v) is 4.33. The molecule has 0 unspecified atom stereocenters. The predicted molar refractivity (Wildman–Crippen MR) is 96.5 cm³/mol. The molecule has 5 nitrogen and oxygen atoms in total. The minimum atomic E-state index is -0.115. The zero-order valence-corrected chi connectivity index (χ0v) is 14.6. The number of rotatable bonds is 2. The molecule has 0 aliphatic carbocycles. The van der Waals surface area contributed by atoms with Gasteiger partial charge in [0.15, 0.2) is 5.43 Å². The van der Waals surface area contributed by atoms with Crippen LogP contribution in [0.1, 0.15) is 27.8 Å². The molecule has 2 aliphatic rings. The van der Waals surface area contributed by atoms with Crippen LogP contribution in [0, 0.1) is 18.8 Å². The summed E-state index contributed by atoms with van der Waals surface area (Å²) in [5.41, 5.74) is 2.33. The molecule has 2 aromatic rings. The number of aromatic nitrogens is 1. The van der Waals surface area contributed by atoms with Crippen LogP contribution in [0.3, 0.4) is 0 Å². The van der Waals surface area contributed by atoms with Crippen molar-refractivity contribution in [3.63, 3.8) is 0 Å². The first kappa shape index (κ1) is 16.1. The van der Waals surface area contributed by atoms with Gasteiger partial charge in [0.1, 0.15) is 5.69 Å². The summed E-state index contributed by atoms with van der Waals surface area (Å²) < 4.78 is 1.82. The van der Waals surface area contributed by atoms with Crippen LogP contribution in [-0.4, -0.2) is 35.0 Å². The Bertz CT molecular complexity index is 859. The van der Waals surface area contributed by atoms with Crippen molar-refractivity contribution < 1.29 is 4.79 Å². The van der Waals surface area contributed by atoms with Gasteiger partial charge in [-0.3, -0.25) is 9.59 Å². The normalized spacial score (nSPS) is 25.2. The fraction of sp³-hybridized carbons (Fsp3) is 0.400. The number of likely N-dealkylation sites (tertiary alicyclic amines) is 1. The average molecular weight is 337 g/mol. The van der Waals surface area contributed by atoms with Crippen LogP contribution in [0.15, 0.2) is 47.3 Å². The second-order valence-electron chi connectivity index (χ2n) is 7.17. The maximum Gasteiger partial charge on any atom is 0.271 e. The van der Waals surface area contributed by atoms with Crippen LogP contribution in [0.5, 0.6) is 0 Å². The zero-order chi connectivity index (χ0) is 17.6. The third-order valence-electron chi connectivity index (χ3n) is 5.71. The van der Waals surface area contributed by atoms with Crippen molar-refractivity contribution in [2.45, 2.75) is 13.0 Å². The minimum absolute atomic E-state index is 0.0495. The van der Waals surface area contributed by atoms with E-state index in [0.717, 1.165) is 25.3 Å². The van der Waals surface area contributed by atoms with Crippen molar-refractivity contribution in [1.29, 1.82) is 0 Å². The summed E-state index contributed by atoms with van der Waals surface area (Å²) in [6.07, 6.45) is 0. The Morgan fingerprint density at radius 1 is 1.16 bits per heavy atom. The molecule has 1 N–H and O–H groups in total. The van der Waals surface area contributed by atoms with Crippen molar-refractivity contribution >= 4 is 5.91 Å². The van der Waals surface area contributed by atoms with Gasteiger partial charge in [-0.25, -0.2) is 0 Å². The van der Waals surface area contributed by atoms with Crippen LogP contribution >= 0.6 is 0 Å². The van der Waals surface area contributed by atoms with E-state index in [9.17, 15) is 9.59 Å². The highest BCUT2D eigenvalue weighted by atomic mass is 16.2. The number of nitrogens with zero attached hydrogens (tertiary/aromatic N) is 2. The SMILES string of the molecule is Cc1cc(=O)cc(C(=O)N2C[C@@H]3CNC[C@@H]3[C@@H]2c2ccccc2)n1C. The van der Waals surface area contributed by atoms with Gasteiger partial charge in [-0.15, -0.1) is 0 Å². The molecule has 3 heterocycles. The Balaban J connectivity index is 1.76. The van der Waals surface area contributed by atoms with Crippen molar-refractivity contribution in [3.8, 4) is 0 Å². The molecule has 0 spiro atoms. The van der Waals surface area contributed by atoms with Crippen molar-refractivity contribution in [2.75, 3.05) is 19.6 Å². The van der Waals surface area contributed by atoms with E-state index in [1.165, 1.54) is 11.6 Å². The quantitative estimate of drug-likeness (QED) is 0.908. The Labute approximate surface area is 147 Å². The third-order valence-corrected chi connectivity index (χ3v) is 5.71. The van der Waals surface area contributed by atoms with Gasteiger partial charge in [0.05, 0.1) is 6.04 Å². The van der Waals surface area contributed by atoms with Crippen LogP contribution in [0.2, 0.25) is 0 Å². The molecule has 4 rings (SSSR count). The Hall–Kier alpha value is -2.40. The molecule has 130 valence electrons. The number of amides is 1. The smallest absolute Gasteiger partial charge is 0.271 e. The third kappa shape index (κ3) is 2.68. The summed E-state index contributed by atoms with van der Waals surface area (Å²) in [7, 11) is 1.85. The molecule has 1 aromatic heterocycles. The molecular weight excluding hydrogens is 314 g/mol. The zero-order valence-electron chi connectivity index (χ0n) is 14.6. The lowest BCUT2D eigenvalue weighted by Crippen LogP contribution is -2.36. The number of fused-ring (bicyclic) bond motifs is 1. The number of nitrogens with one attached hydrogen (secondary N) is 1. The first-order chi connectivity index (χ1) is 12.1. The van der Waals surface area contributed by atoms with Gasteiger partial charge >= 0.3 is 0 Å². The Morgan fingerprint density at radius 2 is 1.92 bits per heavy atom. The van der Waals surface area contributed by atoms with E-state index in [4.69, 9.17) is 0 Å². The second-order valence-corrected chi connectivity index (χ2v) is 7.17. The molecule has 1 amide bonds. The highest BCUT2D eigenvalue weighted by Crippen LogP contribution is 2.43. The van der Waals surface area contributed by atoms with E-state index in [1.807, 2.05) is 41.6 Å². The number of carbonyl (C=O) groups excluding carboxylic acids is 1. The number of hydrogen-bond acceptors (Lipinski definition) is 3. The molecule has 3 atom stereocenters. The number of carbonyl (C=O) groups is 1. The summed E-state index contributed by atoms with van der Waals surface area (Å²) in [5.74, 6) is 0.843. The highest BCUT2D eigenvalue weighted by Gasteiger charge is 2.47. The summed E-state index contributed by atoms with van der Waals surface area (Å²) in [6, 6.07) is 13.3. The van der Waals surface area contributed by atoms with E-state index < -0.39 is 0 Å². The molecule has 2 saturated heterocycles. The van der Waals surface area contributed by atoms with Gasteiger partial charge in [-0.1, -0.05) is 30.3 Å². The van der Waals surface area contributed by atoms with Gasteiger partial charge < -0.3 is 14.8 Å². The van der Waals surface area contributed by atoms with Crippen LogP contribution in [0.4, 0.5) is 0 Å². The van der Waals surface area contributed by atoms with E-state index in [0.29, 0.717) is 17.5 Å². The summed E-state index contributed by atoms with van der Waals surface area (Å²) in [5, 5.41) is 3.46. The van der Waals surface area contributed by atoms with Gasteiger partial charge in [0, 0.05) is 50.4 Å². The molecule has 0 radical (unpaired) electrons. The topological polar surface area (TPSA) is 54.3 Å². The van der Waals surface area contributed by atoms with Gasteiger partial charge in [-0.2, -0.15) is 0 Å². The second kappa shape index (κ2) is 6.15. The lowest BCUT2D eigenvalue weighted by atomic mass is 9.89. The molecular formula is C20H23N3O2. The van der Waals surface area contributed by atoms with Gasteiger partial charge in [-0.05, 0) is 18.4 Å². The van der Waals surface area contributed by atoms with Crippen LogP contribution in [-0.2, 0) is 7.05 Å². The molecule has 5 heteroatoms. The number of aryl methyl sites for hydroxylation is 1. The number of benzene rings is 1. The van der Waals surface area contributed by atoms with Crippen molar-refractivity contribution in [1.82, 2.24) is 14.8 Å². The summed E-state index contributed by atoms with van der Waals surface area (Å²) in [6.45, 7) is 4.47. The molecule has 2 fully saturated rings. The van der Waals surface area contributed by atoms with E-state index in [-0.39, 0.29) is 17.4 Å². The van der Waals surface area contributed by atoms with E-state index in [2.05, 4.69) is 17.4 Å². The minimum Gasteiger partial charge on any atom is -0.344 e. The van der Waals surface area contributed by atoms with Crippen molar-refractivity contribution in [3.05, 3.63) is 69.6 Å². The molecule has 0 bridgehead atoms. The Kier molecular flexibility index (Phi) is 3.96. The Morgan fingerprint density at radius 3 is 2.68 bits per heavy atom. The van der Waals surface area contributed by atoms with Gasteiger partial charge in [0.2, 0.25) is 0 Å². The monoisotopic (exact) mass is 337 g/mol. The largest absolute Gasteiger partial charge is 0.344 e. The van der Waals surface area contributed by atoms with E-state index >= 15 is 0 Å². The predicted octanol–water partition coefficient (Wildman–Crippen LogP) is 1.73. The van der Waals surface area contributed by atoms with Crippen LogP contribution < -0.4 is 10.7 Å². The molecule has 2 aliphatic heterocycles. The highest BCUT2D eigenvalue weighted by molar-refractivity contribution is 5.93. The van der Waals surface area contributed by atoms with E-state index in [1.54, 1.807) is 6.07 Å². The van der Waals surface area contributed by atoms with Crippen LogP contribution in [0.25, 0.3) is 0 Å². The fourth-order valence-electron chi connectivity index (χ4n) is 4.33. The standard InChI is InChI=1S/C20H23N3O2/c1-13-8-16(24)9-18(22(13)2)20(25)23-12-15-10-21-11-17(15)19(23)14-6-4-3-5-7-14/h3-9,15,17,19,21H,10-12H2,1-2H3/t15-,17-,19-/m0/s1. The average Bonchev–Trinajstić information content (AvgIpc) is 3.19. The maximum atomic E-state index is 13.3. The maximum absolute atomic E-state index is 13.3. The summed E-state index contributed by atoms with van der Waals surface area (Å²) in [4.78, 5) is 27.2. The lowest BCUT2D eigenvalue weighted by molar-refractivity contribution is 0.0703. The lowest BCUT2D eigenvalue weighted by Gasteiger charge is -2.29. The molecule has 25 heavy (non-hydrogen) atoms. The number of pyridine rings is 1. The first-order valence-electron chi connectivity index (χ1n) is 8.80. The van der Waals surface area contributed by atoms with Gasteiger partial charge in [0.25, 0.3) is 5.91 Å². The molecule has 0 saturated carbocycles. The summed E-state index contributed by atoms with van der Waals surface area (Å²) >= 11 is 0. The molecule has 1 aromatic carbocycles. The first-order valence-corrected chi connectivity index (χ1v) is 8.80.